The molecule has 0 saturated carbocycles. The van der Waals surface area contributed by atoms with E-state index in [2.05, 4.69) is 14.8 Å². The maximum atomic E-state index is 12.9. The van der Waals surface area contributed by atoms with Gasteiger partial charge in [0, 0.05) is 16.7 Å². The highest BCUT2D eigenvalue weighted by molar-refractivity contribution is 6.31. The van der Waals surface area contributed by atoms with Gasteiger partial charge in [-0.1, -0.05) is 11.6 Å². The smallest absolute Gasteiger partial charge is 0.373 e. The lowest BCUT2D eigenvalue weighted by Crippen LogP contribution is -2.30. The summed E-state index contributed by atoms with van der Waals surface area (Å²) in [6.45, 7) is 1.26. The second-order valence-corrected chi connectivity index (χ2v) is 7.38. The molecule has 2 aromatic rings. The minimum absolute atomic E-state index is 0.0622. The van der Waals surface area contributed by atoms with Gasteiger partial charge in [-0.05, 0) is 31.2 Å². The largest absolute Gasteiger partial charge is 0.493 e. The predicted octanol–water partition coefficient (Wildman–Crippen LogP) is 2.76. The number of nitrogens with one attached hydrogen (secondary N) is 1. The van der Waals surface area contributed by atoms with Crippen molar-refractivity contribution in [3.05, 3.63) is 52.1 Å². The molecule has 180 valence electrons. The van der Waals surface area contributed by atoms with Crippen molar-refractivity contribution in [3.8, 4) is 11.5 Å². The van der Waals surface area contributed by atoms with Crippen LogP contribution in [0.2, 0.25) is 5.02 Å². The lowest BCUT2D eigenvalue weighted by atomic mass is 10.1. The lowest BCUT2D eigenvalue weighted by Gasteiger charge is -2.18. The van der Waals surface area contributed by atoms with Crippen molar-refractivity contribution >= 4 is 41.6 Å². The molecule has 1 aromatic carbocycles. The Hall–Kier alpha value is -3.99. The topological polar surface area (TPSA) is 134 Å². The second-order valence-electron chi connectivity index (χ2n) is 6.95. The minimum Gasteiger partial charge on any atom is -0.493 e. The Labute approximate surface area is 199 Å². The van der Waals surface area contributed by atoms with Gasteiger partial charge >= 0.3 is 18.0 Å². The number of ether oxygens (including phenoxy) is 4. The number of benzene rings is 1. The van der Waals surface area contributed by atoms with E-state index in [0.29, 0.717) is 0 Å². The maximum Gasteiger partial charge on any atom is 0.373 e. The van der Waals surface area contributed by atoms with Crippen LogP contribution in [0.4, 0.5) is 4.79 Å². The number of carbonyl (C=O) groups excluding carboxylic acids is 4. The zero-order valence-corrected chi connectivity index (χ0v) is 19.4. The molecule has 2 heterocycles. The van der Waals surface area contributed by atoms with E-state index >= 15 is 0 Å². The fourth-order valence-electron chi connectivity index (χ4n) is 3.06. The highest BCUT2D eigenvalue weighted by Crippen LogP contribution is 2.37. The highest BCUT2D eigenvalue weighted by Gasteiger charge is 2.35. The number of esters is 2. The van der Waals surface area contributed by atoms with Gasteiger partial charge < -0.3 is 28.7 Å². The average Bonchev–Trinajstić information content (AvgIpc) is 3.39. The molecular formula is C22H21ClN2O9. The number of hydrogen-bond donors (Lipinski definition) is 1. The van der Waals surface area contributed by atoms with Crippen LogP contribution in [0, 0.1) is 0 Å². The van der Waals surface area contributed by atoms with E-state index in [1.165, 1.54) is 58.6 Å². The summed E-state index contributed by atoms with van der Waals surface area (Å²) >= 11 is 6.16. The predicted molar refractivity (Wildman–Crippen MR) is 117 cm³/mol. The molecular weight excluding hydrogens is 472 g/mol. The Bertz CT molecular complexity index is 1170. The Morgan fingerprint density at radius 1 is 1.18 bits per heavy atom. The molecule has 34 heavy (non-hydrogen) atoms. The lowest BCUT2D eigenvalue weighted by molar-refractivity contribution is -0.148. The summed E-state index contributed by atoms with van der Waals surface area (Å²) in [4.78, 5) is 49.6. The van der Waals surface area contributed by atoms with Crippen LogP contribution in [-0.4, -0.2) is 56.2 Å². The van der Waals surface area contributed by atoms with Gasteiger partial charge in [-0.25, -0.2) is 14.4 Å². The number of hydrogen-bond acceptors (Lipinski definition) is 9. The first-order valence-electron chi connectivity index (χ1n) is 9.82. The van der Waals surface area contributed by atoms with Gasteiger partial charge in [0.2, 0.25) is 5.76 Å². The van der Waals surface area contributed by atoms with E-state index in [1.54, 1.807) is 0 Å². The van der Waals surface area contributed by atoms with Crippen LogP contribution in [0.15, 0.2) is 34.4 Å². The van der Waals surface area contributed by atoms with Gasteiger partial charge in [-0.2, -0.15) is 0 Å². The van der Waals surface area contributed by atoms with E-state index < -0.39 is 30.0 Å². The van der Waals surface area contributed by atoms with Crippen LogP contribution in [0.3, 0.4) is 0 Å². The molecule has 12 heteroatoms. The van der Waals surface area contributed by atoms with Crippen molar-refractivity contribution < 1.29 is 42.5 Å². The van der Waals surface area contributed by atoms with Crippen molar-refractivity contribution in [3.63, 3.8) is 0 Å². The molecule has 1 aliphatic rings. The molecule has 0 radical (unpaired) electrons. The van der Waals surface area contributed by atoms with Crippen molar-refractivity contribution in [2.75, 3.05) is 21.3 Å². The maximum absolute atomic E-state index is 12.9. The first kappa shape index (κ1) is 24.6. The normalized spacial score (nSPS) is 15.2. The van der Waals surface area contributed by atoms with Crippen LogP contribution < -0.4 is 14.8 Å². The zero-order chi connectivity index (χ0) is 25.0. The van der Waals surface area contributed by atoms with Gasteiger partial charge in [0.05, 0.1) is 27.9 Å². The van der Waals surface area contributed by atoms with Crippen LogP contribution in [0.1, 0.15) is 28.8 Å². The summed E-state index contributed by atoms with van der Waals surface area (Å²) < 4.78 is 25.6. The van der Waals surface area contributed by atoms with E-state index in [1.807, 2.05) is 0 Å². The number of furan rings is 1. The van der Waals surface area contributed by atoms with Gasteiger partial charge in [-0.3, -0.25) is 9.69 Å². The fourth-order valence-corrected chi connectivity index (χ4v) is 3.28. The van der Waals surface area contributed by atoms with Crippen molar-refractivity contribution in [2.24, 2.45) is 0 Å². The number of rotatable bonds is 8. The summed E-state index contributed by atoms with van der Waals surface area (Å²) in [6.07, 6.45) is 0.348. The van der Waals surface area contributed by atoms with E-state index in [0.717, 1.165) is 4.90 Å². The molecule has 11 nitrogen and oxygen atoms in total. The van der Waals surface area contributed by atoms with Crippen LogP contribution >= 0.6 is 11.6 Å². The van der Waals surface area contributed by atoms with Crippen molar-refractivity contribution in [2.45, 2.75) is 19.6 Å². The third-order valence-corrected chi connectivity index (χ3v) is 4.94. The molecule has 1 fully saturated rings. The third kappa shape index (κ3) is 5.15. The highest BCUT2D eigenvalue weighted by atomic mass is 35.5. The van der Waals surface area contributed by atoms with Gasteiger partial charge in [-0.15, -0.1) is 0 Å². The van der Waals surface area contributed by atoms with Gasteiger partial charge in [0.25, 0.3) is 5.91 Å². The second kappa shape index (κ2) is 10.3. The van der Waals surface area contributed by atoms with Crippen LogP contribution in [0.5, 0.6) is 11.5 Å². The van der Waals surface area contributed by atoms with Crippen LogP contribution in [0.25, 0.3) is 6.08 Å². The summed E-state index contributed by atoms with van der Waals surface area (Å²) in [6, 6.07) is 5.08. The molecule has 1 aromatic heterocycles. The third-order valence-electron chi connectivity index (χ3n) is 4.72. The quantitative estimate of drug-likeness (QED) is 0.335. The molecule has 3 amide bonds. The SMILES string of the molecule is COC(=O)c1ccc(CN2C(=O)NC(=Cc3cc(Cl)cc(OC)c3OC(C)C(=O)OC)C2=O)o1. The molecule has 1 unspecified atom stereocenters. The van der Waals surface area contributed by atoms with Gasteiger partial charge in [0.15, 0.2) is 17.6 Å². The van der Waals surface area contributed by atoms with E-state index in [9.17, 15) is 19.2 Å². The van der Waals surface area contributed by atoms with E-state index in [4.69, 9.17) is 25.5 Å². The minimum atomic E-state index is -0.995. The first-order chi connectivity index (χ1) is 16.2. The summed E-state index contributed by atoms with van der Waals surface area (Å²) in [5.74, 6) is -1.52. The first-order valence-corrected chi connectivity index (χ1v) is 10.2. The Morgan fingerprint density at radius 3 is 2.56 bits per heavy atom. The van der Waals surface area contributed by atoms with Crippen LogP contribution in [-0.2, 0) is 25.6 Å². The molecule has 1 N–H and O–H groups in total. The monoisotopic (exact) mass is 492 g/mol. The number of imide groups is 1. The number of nitrogens with zero attached hydrogens (tertiary/aromatic N) is 1. The average molecular weight is 493 g/mol. The Morgan fingerprint density at radius 2 is 1.91 bits per heavy atom. The number of urea groups is 1. The molecule has 0 bridgehead atoms. The fraction of sp³-hybridized carbons (Fsp3) is 0.273. The number of methoxy groups -OCH3 is 3. The number of carbonyl (C=O) groups is 4. The number of halogens is 1. The molecule has 0 spiro atoms. The molecule has 1 saturated heterocycles. The molecule has 0 aliphatic carbocycles. The number of amides is 3. The molecule has 1 aliphatic heterocycles. The summed E-state index contributed by atoms with van der Waals surface area (Å²) in [5.41, 5.74) is 0.196. The Kier molecular flexibility index (Phi) is 7.47. The molecule has 3 rings (SSSR count). The van der Waals surface area contributed by atoms with Gasteiger partial charge in [0.1, 0.15) is 11.5 Å². The molecule has 1 atom stereocenters. The Balaban J connectivity index is 1.90. The summed E-state index contributed by atoms with van der Waals surface area (Å²) in [5, 5.41) is 2.73. The zero-order valence-electron chi connectivity index (χ0n) is 18.7. The van der Waals surface area contributed by atoms with Crippen molar-refractivity contribution in [1.82, 2.24) is 10.2 Å². The summed E-state index contributed by atoms with van der Waals surface area (Å²) in [7, 11) is 3.81. The van der Waals surface area contributed by atoms with E-state index in [-0.39, 0.29) is 45.8 Å². The standard InChI is InChI=1S/C22H21ClN2O9/c1-11(20(27)31-3)33-18-12(7-13(23)9-17(18)30-2)8-15-19(26)25(22(29)24-15)10-14-5-6-16(34-14)21(28)32-4/h5-9,11H,10H2,1-4H3,(H,24,29). The van der Waals surface area contributed by atoms with Crippen molar-refractivity contribution in [1.29, 1.82) is 0 Å².